The van der Waals surface area contributed by atoms with Crippen LogP contribution in [0.4, 0.5) is 0 Å². The van der Waals surface area contributed by atoms with E-state index in [4.69, 9.17) is 9.47 Å². The fourth-order valence-corrected chi connectivity index (χ4v) is 5.59. The van der Waals surface area contributed by atoms with Crippen LogP contribution >= 0.6 is 0 Å². The van der Waals surface area contributed by atoms with E-state index in [1.165, 1.54) is 11.1 Å². The van der Waals surface area contributed by atoms with Gasteiger partial charge in [-0.15, -0.1) is 0 Å². The van der Waals surface area contributed by atoms with Crippen LogP contribution < -0.4 is 9.47 Å². The molecule has 0 spiro atoms. The summed E-state index contributed by atoms with van der Waals surface area (Å²) in [5.41, 5.74) is 9.89. The highest BCUT2D eigenvalue weighted by atomic mass is 16.5. The Bertz CT molecular complexity index is 1240. The van der Waals surface area contributed by atoms with E-state index in [-0.39, 0.29) is 0 Å². The summed E-state index contributed by atoms with van der Waals surface area (Å²) in [4.78, 5) is 7.24. The number of ether oxygens (including phenoxy) is 2. The van der Waals surface area contributed by atoms with Crippen molar-refractivity contribution < 1.29 is 19.7 Å². The van der Waals surface area contributed by atoms with Gasteiger partial charge in [-0.2, -0.15) is 0 Å². The number of benzene rings is 2. The van der Waals surface area contributed by atoms with E-state index in [0.29, 0.717) is 0 Å². The number of rotatable bonds is 11. The van der Waals surface area contributed by atoms with Crippen LogP contribution in [0.15, 0.2) is 48.5 Å². The second kappa shape index (κ2) is 11.9. The zero-order chi connectivity index (χ0) is 27.4. The van der Waals surface area contributed by atoms with Crippen LogP contribution in [0.2, 0.25) is 0 Å². The average molecular weight is 517 g/mol. The highest BCUT2D eigenvalue weighted by Crippen LogP contribution is 2.39. The van der Waals surface area contributed by atoms with Gasteiger partial charge < -0.3 is 29.7 Å². The molecule has 0 aliphatic heterocycles. The Balaban J connectivity index is 1.83. The van der Waals surface area contributed by atoms with Gasteiger partial charge in [0, 0.05) is 0 Å². The zero-order valence-electron chi connectivity index (χ0n) is 23.3. The molecule has 2 aromatic heterocycles. The van der Waals surface area contributed by atoms with Crippen LogP contribution in [0.1, 0.15) is 84.7 Å². The molecule has 4 aromatic rings. The quantitative estimate of drug-likeness (QED) is 0.185. The van der Waals surface area contributed by atoms with Gasteiger partial charge in [0.25, 0.3) is 0 Å². The number of methoxy groups -OCH3 is 2. The van der Waals surface area contributed by atoms with Crippen molar-refractivity contribution in [2.75, 3.05) is 14.2 Å². The summed E-state index contributed by atoms with van der Waals surface area (Å²) in [6, 6.07) is 15.1. The largest absolute Gasteiger partial charge is 0.497 e. The number of aliphatic hydroxyl groups is 2. The summed E-state index contributed by atoms with van der Waals surface area (Å²) in [5, 5.41) is 22.9. The van der Waals surface area contributed by atoms with Crippen molar-refractivity contribution in [2.45, 2.75) is 65.6 Å². The van der Waals surface area contributed by atoms with Gasteiger partial charge >= 0.3 is 0 Å². The lowest BCUT2D eigenvalue weighted by atomic mass is 9.95. The number of aromatic nitrogens is 2. The maximum Gasteiger partial charge on any atom is 0.119 e. The minimum absolute atomic E-state index is 0.757. The second-order valence-electron chi connectivity index (χ2n) is 9.51. The molecule has 0 bridgehead atoms. The average Bonchev–Trinajstić information content (AvgIpc) is 3.53. The fraction of sp³-hybridized carbons (Fsp3) is 0.375. The number of nitrogens with one attached hydrogen (secondary N) is 2. The van der Waals surface area contributed by atoms with Crippen LogP contribution in [-0.2, 0) is 25.7 Å². The highest BCUT2D eigenvalue weighted by molar-refractivity contribution is 5.70. The maximum absolute atomic E-state index is 11.4. The van der Waals surface area contributed by atoms with Crippen molar-refractivity contribution in [3.63, 3.8) is 0 Å². The Kier molecular flexibility index (Phi) is 8.65. The molecule has 38 heavy (non-hydrogen) atoms. The number of H-pyrrole nitrogens is 2. The smallest absolute Gasteiger partial charge is 0.119 e. The zero-order valence-corrected chi connectivity index (χ0v) is 23.3. The summed E-state index contributed by atoms with van der Waals surface area (Å²) < 4.78 is 10.6. The molecule has 6 nitrogen and oxygen atoms in total. The highest BCUT2D eigenvalue weighted by Gasteiger charge is 2.27. The van der Waals surface area contributed by atoms with Crippen molar-refractivity contribution in [3.05, 3.63) is 93.3 Å². The van der Waals surface area contributed by atoms with Crippen LogP contribution in [0.3, 0.4) is 0 Å². The molecule has 202 valence electrons. The molecule has 2 heterocycles. The van der Waals surface area contributed by atoms with E-state index in [2.05, 4.69) is 37.7 Å². The predicted molar refractivity (Wildman–Crippen MR) is 152 cm³/mol. The van der Waals surface area contributed by atoms with Gasteiger partial charge in [-0.3, -0.25) is 0 Å². The molecule has 4 rings (SSSR count). The van der Waals surface area contributed by atoms with Crippen LogP contribution in [-0.4, -0.2) is 34.4 Å². The fourth-order valence-electron chi connectivity index (χ4n) is 5.59. The van der Waals surface area contributed by atoms with Gasteiger partial charge in [-0.1, -0.05) is 52.0 Å². The molecule has 0 amide bonds. The van der Waals surface area contributed by atoms with E-state index < -0.39 is 12.2 Å². The normalized spacial score (nSPS) is 12.9. The standard InChI is InChI=1S/C32H40N2O4/c1-7-23-25(9-3)29(31(35)19-11-15-21(37-5)16-12-19)33-27(23)28-24(8-2)26(10-4)30(34-28)32(36)20-13-17-22(38-6)18-14-20/h11-18,31-36H,7-10H2,1-6H3. The molecule has 4 N–H and O–H groups in total. The van der Waals surface area contributed by atoms with Gasteiger partial charge in [0.05, 0.1) is 37.0 Å². The van der Waals surface area contributed by atoms with Gasteiger partial charge in [-0.05, 0) is 83.3 Å². The van der Waals surface area contributed by atoms with E-state index >= 15 is 0 Å². The molecule has 2 unspecified atom stereocenters. The number of aromatic amines is 2. The summed E-state index contributed by atoms with van der Waals surface area (Å²) in [5.74, 6) is 1.51. The predicted octanol–water partition coefficient (Wildman–Crippen LogP) is 6.44. The minimum atomic E-state index is -0.787. The molecule has 0 saturated heterocycles. The Morgan fingerprint density at radius 1 is 0.553 bits per heavy atom. The first-order chi connectivity index (χ1) is 18.4. The van der Waals surface area contributed by atoms with Gasteiger partial charge in [0.1, 0.15) is 23.7 Å². The SMILES string of the molecule is CCc1c(-c2[nH]c(C(O)c3ccc(OC)cc3)c(CC)c2CC)[nH]c(C(O)c2ccc(OC)cc2)c1CC. The lowest BCUT2D eigenvalue weighted by Gasteiger charge is -2.13. The molecule has 2 atom stereocenters. The van der Waals surface area contributed by atoms with E-state index in [1.54, 1.807) is 14.2 Å². The second-order valence-corrected chi connectivity index (χ2v) is 9.51. The van der Waals surface area contributed by atoms with Gasteiger partial charge in [0.2, 0.25) is 0 Å². The van der Waals surface area contributed by atoms with Crippen molar-refractivity contribution in [1.82, 2.24) is 9.97 Å². The molecule has 2 aromatic carbocycles. The molecule has 0 fully saturated rings. The van der Waals surface area contributed by atoms with Gasteiger partial charge in [0.15, 0.2) is 0 Å². The topological polar surface area (TPSA) is 90.5 Å². The first kappa shape index (κ1) is 27.6. The summed E-state index contributed by atoms with van der Waals surface area (Å²) >= 11 is 0. The first-order valence-electron chi connectivity index (χ1n) is 13.5. The minimum Gasteiger partial charge on any atom is -0.497 e. The lowest BCUT2D eigenvalue weighted by Crippen LogP contribution is -2.04. The summed E-state index contributed by atoms with van der Waals surface area (Å²) in [6.45, 7) is 8.56. The third-order valence-corrected chi connectivity index (χ3v) is 7.58. The lowest BCUT2D eigenvalue weighted by molar-refractivity contribution is 0.214. The Labute approximate surface area is 225 Å². The van der Waals surface area contributed by atoms with Crippen LogP contribution in [0, 0.1) is 0 Å². The van der Waals surface area contributed by atoms with E-state index in [0.717, 1.165) is 82.2 Å². The Hall–Kier alpha value is -3.48. The Morgan fingerprint density at radius 2 is 0.868 bits per heavy atom. The number of hydrogen-bond donors (Lipinski definition) is 4. The molecule has 0 aliphatic carbocycles. The van der Waals surface area contributed by atoms with Gasteiger partial charge in [-0.25, -0.2) is 0 Å². The van der Waals surface area contributed by atoms with E-state index in [1.807, 2.05) is 48.5 Å². The van der Waals surface area contributed by atoms with Crippen molar-refractivity contribution in [3.8, 4) is 22.9 Å². The van der Waals surface area contributed by atoms with Crippen molar-refractivity contribution in [2.24, 2.45) is 0 Å². The molecular weight excluding hydrogens is 476 g/mol. The monoisotopic (exact) mass is 516 g/mol. The number of hydrogen-bond acceptors (Lipinski definition) is 4. The molecular formula is C32H40N2O4. The first-order valence-corrected chi connectivity index (χ1v) is 13.5. The Morgan fingerprint density at radius 3 is 1.13 bits per heavy atom. The van der Waals surface area contributed by atoms with Crippen molar-refractivity contribution in [1.29, 1.82) is 0 Å². The third-order valence-electron chi connectivity index (χ3n) is 7.58. The molecule has 0 saturated carbocycles. The molecule has 0 radical (unpaired) electrons. The molecule has 6 heteroatoms. The van der Waals surface area contributed by atoms with Crippen LogP contribution in [0.5, 0.6) is 11.5 Å². The van der Waals surface area contributed by atoms with E-state index in [9.17, 15) is 10.2 Å². The molecule has 0 aliphatic rings. The summed E-state index contributed by atoms with van der Waals surface area (Å²) in [6.07, 6.45) is 1.67. The summed E-state index contributed by atoms with van der Waals surface area (Å²) in [7, 11) is 3.27. The third kappa shape index (κ3) is 4.98. The van der Waals surface area contributed by atoms with Crippen LogP contribution in [0.25, 0.3) is 11.4 Å². The van der Waals surface area contributed by atoms with Crippen molar-refractivity contribution >= 4 is 0 Å². The number of aliphatic hydroxyl groups excluding tert-OH is 2. The maximum atomic E-state index is 11.4.